The fourth-order valence-corrected chi connectivity index (χ4v) is 2.63. The number of nitrogens with zero attached hydrogens (tertiary/aromatic N) is 1. The Morgan fingerprint density at radius 2 is 1.81 bits per heavy atom. The van der Waals surface area contributed by atoms with Crippen LogP contribution in [-0.4, -0.2) is 11.5 Å². The molecule has 21 heavy (non-hydrogen) atoms. The fraction of sp³-hybridized carbons (Fsp3) is 0.211. The first-order valence-electron chi connectivity index (χ1n) is 7.47. The molecule has 0 saturated heterocycles. The molecule has 106 valence electrons. The standard InChI is InChI=1S/C19H20N2/c1-15-11-12-18(17-10-6-14-21-19(15)17)20-13-5-9-16-7-3-2-4-8-16/h2-4,6-8,10-12,14,20H,5,9,13H2,1H3. The molecule has 0 radical (unpaired) electrons. The summed E-state index contributed by atoms with van der Waals surface area (Å²) in [5.74, 6) is 0. The number of fused-ring (bicyclic) bond motifs is 1. The van der Waals surface area contributed by atoms with Crippen molar-refractivity contribution in [2.75, 3.05) is 11.9 Å². The van der Waals surface area contributed by atoms with Crippen molar-refractivity contribution in [3.63, 3.8) is 0 Å². The van der Waals surface area contributed by atoms with Gasteiger partial charge in [-0.15, -0.1) is 0 Å². The Hall–Kier alpha value is -2.35. The van der Waals surface area contributed by atoms with E-state index in [1.54, 1.807) is 0 Å². The molecule has 2 heteroatoms. The third-order valence-electron chi connectivity index (χ3n) is 3.77. The van der Waals surface area contributed by atoms with Crippen LogP contribution in [0.15, 0.2) is 60.8 Å². The number of hydrogen-bond donors (Lipinski definition) is 1. The van der Waals surface area contributed by atoms with Crippen molar-refractivity contribution in [2.45, 2.75) is 19.8 Å². The van der Waals surface area contributed by atoms with E-state index >= 15 is 0 Å². The maximum absolute atomic E-state index is 4.48. The summed E-state index contributed by atoms with van der Waals surface area (Å²) in [5, 5.41) is 4.75. The largest absolute Gasteiger partial charge is 0.384 e. The van der Waals surface area contributed by atoms with E-state index in [2.05, 4.69) is 65.8 Å². The van der Waals surface area contributed by atoms with Crippen LogP contribution in [0.1, 0.15) is 17.5 Å². The van der Waals surface area contributed by atoms with Crippen molar-refractivity contribution in [1.82, 2.24) is 4.98 Å². The summed E-state index contributed by atoms with van der Waals surface area (Å²) in [6, 6.07) is 19.1. The van der Waals surface area contributed by atoms with Crippen LogP contribution in [0.4, 0.5) is 5.69 Å². The Balaban J connectivity index is 1.65. The third-order valence-corrected chi connectivity index (χ3v) is 3.77. The van der Waals surface area contributed by atoms with Crippen molar-refractivity contribution < 1.29 is 0 Å². The highest BCUT2D eigenvalue weighted by atomic mass is 14.9. The number of aromatic nitrogens is 1. The Bertz CT molecular complexity index is 720. The van der Waals surface area contributed by atoms with Gasteiger partial charge in [0, 0.05) is 23.8 Å². The van der Waals surface area contributed by atoms with Gasteiger partial charge >= 0.3 is 0 Å². The smallest absolute Gasteiger partial charge is 0.0751 e. The second-order valence-electron chi connectivity index (χ2n) is 5.35. The predicted molar refractivity (Wildman–Crippen MR) is 89.7 cm³/mol. The van der Waals surface area contributed by atoms with E-state index in [0.29, 0.717) is 0 Å². The van der Waals surface area contributed by atoms with E-state index < -0.39 is 0 Å². The van der Waals surface area contributed by atoms with Crippen LogP contribution in [0.25, 0.3) is 10.9 Å². The van der Waals surface area contributed by atoms with Crippen LogP contribution < -0.4 is 5.32 Å². The Labute approximate surface area is 125 Å². The van der Waals surface area contributed by atoms with Gasteiger partial charge in [-0.3, -0.25) is 4.98 Å². The Morgan fingerprint density at radius 3 is 2.67 bits per heavy atom. The molecular formula is C19H20N2. The molecule has 0 saturated carbocycles. The second-order valence-corrected chi connectivity index (χ2v) is 5.35. The Morgan fingerprint density at radius 1 is 0.952 bits per heavy atom. The lowest BCUT2D eigenvalue weighted by Gasteiger charge is -2.11. The van der Waals surface area contributed by atoms with E-state index in [0.717, 1.165) is 24.9 Å². The number of hydrogen-bond acceptors (Lipinski definition) is 2. The first-order chi connectivity index (χ1) is 10.3. The number of nitrogens with one attached hydrogen (secondary N) is 1. The van der Waals surface area contributed by atoms with Crippen molar-refractivity contribution in [3.8, 4) is 0 Å². The SMILES string of the molecule is Cc1ccc(NCCCc2ccccc2)c2cccnc12. The van der Waals surface area contributed by atoms with Crippen LogP contribution >= 0.6 is 0 Å². The van der Waals surface area contributed by atoms with Gasteiger partial charge in [-0.1, -0.05) is 36.4 Å². The van der Waals surface area contributed by atoms with E-state index in [1.165, 1.54) is 22.2 Å². The lowest BCUT2D eigenvalue weighted by molar-refractivity contribution is 0.864. The molecule has 2 aromatic carbocycles. The zero-order valence-corrected chi connectivity index (χ0v) is 12.3. The number of pyridine rings is 1. The van der Waals surface area contributed by atoms with Gasteiger partial charge in [0.05, 0.1) is 5.52 Å². The molecule has 3 aromatic rings. The van der Waals surface area contributed by atoms with Crippen LogP contribution in [0, 0.1) is 6.92 Å². The van der Waals surface area contributed by atoms with Gasteiger partial charge in [0.1, 0.15) is 0 Å². The summed E-state index contributed by atoms with van der Waals surface area (Å²) in [5.41, 5.74) is 4.89. The molecule has 0 unspecified atom stereocenters. The summed E-state index contributed by atoms with van der Waals surface area (Å²) in [6.07, 6.45) is 4.09. The van der Waals surface area contributed by atoms with E-state index in [4.69, 9.17) is 0 Å². The van der Waals surface area contributed by atoms with Gasteiger partial charge in [0.2, 0.25) is 0 Å². The maximum Gasteiger partial charge on any atom is 0.0751 e. The van der Waals surface area contributed by atoms with Gasteiger partial charge in [0.15, 0.2) is 0 Å². The van der Waals surface area contributed by atoms with E-state index in [1.807, 2.05) is 12.3 Å². The van der Waals surface area contributed by atoms with Crippen molar-refractivity contribution in [1.29, 1.82) is 0 Å². The molecule has 0 aliphatic heterocycles. The minimum Gasteiger partial charge on any atom is -0.384 e. The van der Waals surface area contributed by atoms with Gasteiger partial charge in [-0.05, 0) is 49.1 Å². The first kappa shape index (κ1) is 13.6. The summed E-state index contributed by atoms with van der Waals surface area (Å²) >= 11 is 0. The van der Waals surface area contributed by atoms with E-state index in [-0.39, 0.29) is 0 Å². The van der Waals surface area contributed by atoms with Crippen LogP contribution in [0.5, 0.6) is 0 Å². The van der Waals surface area contributed by atoms with Crippen molar-refractivity contribution >= 4 is 16.6 Å². The fourth-order valence-electron chi connectivity index (χ4n) is 2.63. The van der Waals surface area contributed by atoms with Crippen molar-refractivity contribution in [3.05, 3.63) is 71.9 Å². The number of benzene rings is 2. The average Bonchev–Trinajstić information content (AvgIpc) is 2.55. The molecule has 2 nitrogen and oxygen atoms in total. The molecule has 0 bridgehead atoms. The number of rotatable bonds is 5. The molecular weight excluding hydrogens is 256 g/mol. The normalized spacial score (nSPS) is 10.7. The lowest BCUT2D eigenvalue weighted by Crippen LogP contribution is -2.04. The molecule has 1 N–H and O–H groups in total. The third kappa shape index (κ3) is 3.22. The molecule has 0 fully saturated rings. The quantitative estimate of drug-likeness (QED) is 0.689. The first-order valence-corrected chi connectivity index (χ1v) is 7.47. The molecule has 1 heterocycles. The number of anilines is 1. The molecule has 0 spiro atoms. The molecule has 3 rings (SSSR count). The predicted octanol–water partition coefficient (Wildman–Crippen LogP) is 4.59. The lowest BCUT2D eigenvalue weighted by atomic mass is 10.1. The van der Waals surface area contributed by atoms with Gasteiger partial charge in [-0.2, -0.15) is 0 Å². The van der Waals surface area contributed by atoms with E-state index in [9.17, 15) is 0 Å². The van der Waals surface area contributed by atoms with Gasteiger partial charge in [-0.25, -0.2) is 0 Å². The Kier molecular flexibility index (Phi) is 4.15. The summed E-state index contributed by atoms with van der Waals surface area (Å²) < 4.78 is 0. The molecule has 0 atom stereocenters. The van der Waals surface area contributed by atoms with Crippen LogP contribution in [0.3, 0.4) is 0 Å². The number of aryl methyl sites for hydroxylation is 2. The topological polar surface area (TPSA) is 24.9 Å². The van der Waals surface area contributed by atoms with Crippen LogP contribution in [0.2, 0.25) is 0 Å². The van der Waals surface area contributed by atoms with Gasteiger partial charge < -0.3 is 5.32 Å². The van der Waals surface area contributed by atoms with Crippen LogP contribution in [-0.2, 0) is 6.42 Å². The summed E-state index contributed by atoms with van der Waals surface area (Å²) in [7, 11) is 0. The highest BCUT2D eigenvalue weighted by Gasteiger charge is 2.03. The highest BCUT2D eigenvalue weighted by molar-refractivity contribution is 5.93. The average molecular weight is 276 g/mol. The molecule has 0 amide bonds. The van der Waals surface area contributed by atoms with Crippen molar-refractivity contribution in [2.24, 2.45) is 0 Å². The second kappa shape index (κ2) is 6.40. The van der Waals surface area contributed by atoms with Gasteiger partial charge in [0.25, 0.3) is 0 Å². The summed E-state index contributed by atoms with van der Waals surface area (Å²) in [6.45, 7) is 3.08. The monoisotopic (exact) mass is 276 g/mol. The molecule has 0 aliphatic rings. The zero-order valence-electron chi connectivity index (χ0n) is 12.3. The molecule has 0 aliphatic carbocycles. The minimum absolute atomic E-state index is 0.974. The zero-order chi connectivity index (χ0) is 14.5. The summed E-state index contributed by atoms with van der Waals surface area (Å²) in [4.78, 5) is 4.48. The minimum atomic E-state index is 0.974. The highest BCUT2D eigenvalue weighted by Crippen LogP contribution is 2.24. The maximum atomic E-state index is 4.48. The molecule has 1 aromatic heterocycles.